The van der Waals surface area contributed by atoms with Gasteiger partial charge in [-0.2, -0.15) is 0 Å². The lowest BCUT2D eigenvalue weighted by Crippen LogP contribution is -2.09. The van der Waals surface area contributed by atoms with Crippen molar-refractivity contribution in [2.24, 2.45) is 5.73 Å². The third-order valence-corrected chi connectivity index (χ3v) is 3.98. The van der Waals surface area contributed by atoms with Crippen molar-refractivity contribution in [2.75, 3.05) is 0 Å². The molecule has 13 heavy (non-hydrogen) atoms. The Kier molecular flexibility index (Phi) is 2.07. The molecule has 0 saturated carbocycles. The van der Waals surface area contributed by atoms with E-state index in [1.165, 1.54) is 22.7 Å². The van der Waals surface area contributed by atoms with E-state index in [9.17, 15) is 4.79 Å². The van der Waals surface area contributed by atoms with Gasteiger partial charge in [0, 0.05) is 15.6 Å². The Morgan fingerprint density at radius 3 is 3.00 bits per heavy atom. The minimum absolute atomic E-state index is 0.0181. The second-order valence-electron chi connectivity index (χ2n) is 2.59. The van der Waals surface area contributed by atoms with Gasteiger partial charge in [0.25, 0.3) is 0 Å². The van der Waals surface area contributed by atoms with Crippen LogP contribution in [0.2, 0.25) is 0 Å². The van der Waals surface area contributed by atoms with E-state index in [2.05, 4.69) is 0 Å². The summed E-state index contributed by atoms with van der Waals surface area (Å²) in [6, 6.07) is 1.82. The van der Waals surface area contributed by atoms with E-state index in [-0.39, 0.29) is 6.61 Å². The van der Waals surface area contributed by atoms with Crippen LogP contribution in [0.5, 0.6) is 0 Å². The topological polar surface area (TPSA) is 63.3 Å². The third-order valence-electron chi connectivity index (χ3n) is 1.74. The van der Waals surface area contributed by atoms with Gasteiger partial charge in [-0.1, -0.05) is 0 Å². The van der Waals surface area contributed by atoms with Crippen molar-refractivity contribution in [1.29, 1.82) is 0 Å². The standard InChI is InChI=1S/C8H7NO2S2/c9-7(11)6-3-12-8-5(6)1-4(2-10)13-8/h1,3,10H,2H2,(H2,9,11). The van der Waals surface area contributed by atoms with E-state index < -0.39 is 5.91 Å². The van der Waals surface area contributed by atoms with Crippen LogP contribution in [-0.4, -0.2) is 11.0 Å². The Morgan fingerprint density at radius 1 is 1.62 bits per heavy atom. The van der Waals surface area contributed by atoms with E-state index in [0.717, 1.165) is 14.3 Å². The van der Waals surface area contributed by atoms with Crippen LogP contribution < -0.4 is 5.73 Å². The van der Waals surface area contributed by atoms with Gasteiger partial charge in [0.05, 0.1) is 16.2 Å². The first-order valence-electron chi connectivity index (χ1n) is 3.63. The van der Waals surface area contributed by atoms with E-state index in [0.29, 0.717) is 5.56 Å². The minimum atomic E-state index is -0.409. The van der Waals surface area contributed by atoms with Crippen molar-refractivity contribution in [3.05, 3.63) is 21.9 Å². The molecule has 3 N–H and O–H groups in total. The summed E-state index contributed by atoms with van der Waals surface area (Å²) >= 11 is 2.98. The molecule has 0 aliphatic heterocycles. The quantitative estimate of drug-likeness (QED) is 0.795. The molecule has 68 valence electrons. The molecule has 2 aromatic rings. The summed E-state index contributed by atoms with van der Waals surface area (Å²) < 4.78 is 1.04. The number of amides is 1. The predicted molar refractivity (Wildman–Crippen MR) is 54.1 cm³/mol. The lowest BCUT2D eigenvalue weighted by atomic mass is 10.2. The van der Waals surface area contributed by atoms with E-state index in [4.69, 9.17) is 10.8 Å². The molecule has 2 heterocycles. The Labute approximate surface area is 82.4 Å². The van der Waals surface area contributed by atoms with Crippen LogP contribution in [0.1, 0.15) is 15.2 Å². The first kappa shape index (κ1) is 8.68. The number of primary amides is 1. The van der Waals surface area contributed by atoms with Crippen LogP contribution in [0, 0.1) is 0 Å². The highest BCUT2D eigenvalue weighted by molar-refractivity contribution is 7.37. The van der Waals surface area contributed by atoms with Crippen LogP contribution in [0.4, 0.5) is 0 Å². The second kappa shape index (κ2) is 3.10. The predicted octanol–water partition coefficient (Wildman–Crippen LogP) is 1.55. The van der Waals surface area contributed by atoms with Crippen LogP contribution in [0.3, 0.4) is 0 Å². The van der Waals surface area contributed by atoms with Crippen molar-refractivity contribution in [1.82, 2.24) is 0 Å². The summed E-state index contributed by atoms with van der Waals surface area (Å²) in [6.45, 7) is 0.0181. The van der Waals surface area contributed by atoms with Gasteiger partial charge in [-0.05, 0) is 6.07 Å². The highest BCUT2D eigenvalue weighted by Crippen LogP contribution is 2.33. The molecule has 0 aliphatic rings. The molecule has 2 aromatic heterocycles. The molecule has 0 aliphatic carbocycles. The van der Waals surface area contributed by atoms with Crippen molar-refractivity contribution < 1.29 is 9.90 Å². The molecule has 0 spiro atoms. The van der Waals surface area contributed by atoms with Crippen LogP contribution in [0.15, 0.2) is 11.4 Å². The average molecular weight is 213 g/mol. The first-order chi connectivity index (χ1) is 6.22. The number of hydrogen-bond donors (Lipinski definition) is 2. The van der Waals surface area contributed by atoms with Crippen molar-refractivity contribution in [2.45, 2.75) is 6.61 Å². The number of thiophene rings is 2. The third kappa shape index (κ3) is 1.35. The monoisotopic (exact) mass is 213 g/mol. The summed E-state index contributed by atoms with van der Waals surface area (Å²) in [5, 5.41) is 11.5. The SMILES string of the molecule is NC(=O)c1csc2sc(CO)cc12. The molecule has 2 rings (SSSR count). The highest BCUT2D eigenvalue weighted by Gasteiger charge is 2.11. The zero-order valence-corrected chi connectivity index (χ0v) is 8.24. The Hall–Kier alpha value is -0.910. The zero-order valence-electron chi connectivity index (χ0n) is 6.61. The van der Waals surface area contributed by atoms with Gasteiger partial charge >= 0.3 is 0 Å². The molecule has 0 bridgehead atoms. The number of carbonyl (C=O) groups excluding carboxylic acids is 1. The molecule has 5 heteroatoms. The highest BCUT2D eigenvalue weighted by atomic mass is 32.2. The first-order valence-corrected chi connectivity index (χ1v) is 5.32. The average Bonchev–Trinajstić information content (AvgIpc) is 2.59. The van der Waals surface area contributed by atoms with E-state index in [1.807, 2.05) is 6.07 Å². The summed E-state index contributed by atoms with van der Waals surface area (Å²) in [6.07, 6.45) is 0. The molecule has 3 nitrogen and oxygen atoms in total. The summed E-state index contributed by atoms with van der Waals surface area (Å²) in [5.41, 5.74) is 5.74. The number of hydrogen-bond acceptors (Lipinski definition) is 4. The molecule has 0 unspecified atom stereocenters. The lowest BCUT2D eigenvalue weighted by molar-refractivity contribution is 0.100. The van der Waals surface area contributed by atoms with Gasteiger partial charge in [0.2, 0.25) is 5.91 Å². The Morgan fingerprint density at radius 2 is 2.38 bits per heavy atom. The largest absolute Gasteiger partial charge is 0.391 e. The fourth-order valence-corrected chi connectivity index (χ4v) is 3.32. The van der Waals surface area contributed by atoms with E-state index >= 15 is 0 Å². The maximum atomic E-state index is 10.9. The van der Waals surface area contributed by atoms with Gasteiger partial charge in [-0.25, -0.2) is 0 Å². The Bertz CT molecular complexity index is 458. The number of carbonyl (C=O) groups is 1. The summed E-state index contributed by atoms with van der Waals surface area (Å²) in [7, 11) is 0. The van der Waals surface area contributed by atoms with Gasteiger partial charge in [0.15, 0.2) is 0 Å². The van der Waals surface area contributed by atoms with Gasteiger partial charge < -0.3 is 10.8 Å². The molecule has 1 amide bonds. The van der Waals surface area contributed by atoms with Crippen molar-refractivity contribution >= 4 is 38.0 Å². The molecule has 0 fully saturated rings. The normalized spacial score (nSPS) is 10.8. The van der Waals surface area contributed by atoms with Crippen molar-refractivity contribution in [3.8, 4) is 0 Å². The maximum absolute atomic E-state index is 10.9. The Balaban J connectivity index is 2.65. The number of rotatable bonds is 2. The summed E-state index contributed by atoms with van der Waals surface area (Å²) in [4.78, 5) is 11.8. The van der Waals surface area contributed by atoms with Crippen LogP contribution in [-0.2, 0) is 6.61 Å². The minimum Gasteiger partial charge on any atom is -0.391 e. The van der Waals surface area contributed by atoms with Crippen LogP contribution >= 0.6 is 22.7 Å². The molecular weight excluding hydrogens is 206 g/mol. The smallest absolute Gasteiger partial charge is 0.250 e. The molecule has 0 saturated heterocycles. The number of aliphatic hydroxyl groups is 1. The van der Waals surface area contributed by atoms with Crippen LogP contribution in [0.25, 0.3) is 9.40 Å². The fraction of sp³-hybridized carbons (Fsp3) is 0.125. The molecule has 0 aromatic carbocycles. The molecule has 0 atom stereocenters. The van der Waals surface area contributed by atoms with Gasteiger partial charge in [-0.3, -0.25) is 4.79 Å². The molecular formula is C8H7NO2S2. The number of nitrogens with two attached hydrogens (primary N) is 1. The van der Waals surface area contributed by atoms with Crippen molar-refractivity contribution in [3.63, 3.8) is 0 Å². The number of aliphatic hydroxyl groups excluding tert-OH is 1. The molecule has 0 radical (unpaired) electrons. The zero-order chi connectivity index (χ0) is 9.42. The lowest BCUT2D eigenvalue weighted by Gasteiger charge is -1.86. The van der Waals surface area contributed by atoms with Gasteiger partial charge in [-0.15, -0.1) is 22.7 Å². The fourth-order valence-electron chi connectivity index (χ4n) is 1.14. The maximum Gasteiger partial charge on any atom is 0.250 e. The van der Waals surface area contributed by atoms with E-state index in [1.54, 1.807) is 5.38 Å². The summed E-state index contributed by atoms with van der Waals surface area (Å²) in [5.74, 6) is -0.409. The second-order valence-corrected chi connectivity index (χ2v) is 4.86. The number of fused-ring (bicyclic) bond motifs is 1. The van der Waals surface area contributed by atoms with Gasteiger partial charge in [0.1, 0.15) is 0 Å².